The molecule has 3 aromatic rings. The molecule has 32 heavy (non-hydrogen) atoms. The van der Waals surface area contributed by atoms with Gasteiger partial charge in [-0.15, -0.1) is 0 Å². The van der Waals surface area contributed by atoms with Crippen LogP contribution in [0, 0.1) is 5.92 Å². The zero-order chi connectivity index (χ0) is 22.0. The Morgan fingerprint density at radius 1 is 0.875 bits per heavy atom. The molecular weight excluding hydrogens is 398 g/mol. The van der Waals surface area contributed by atoms with Gasteiger partial charge >= 0.3 is 0 Å². The van der Waals surface area contributed by atoms with Gasteiger partial charge in [0.1, 0.15) is 18.1 Å². The van der Waals surface area contributed by atoms with Crippen molar-refractivity contribution in [3.05, 3.63) is 95.1 Å². The largest absolute Gasteiger partial charge is 0.508 e. The monoisotopic (exact) mass is 427 g/mol. The van der Waals surface area contributed by atoms with E-state index < -0.39 is 0 Å². The van der Waals surface area contributed by atoms with Crippen molar-refractivity contribution in [2.45, 2.75) is 50.5 Å². The van der Waals surface area contributed by atoms with Crippen LogP contribution in [0.2, 0.25) is 0 Å². The third-order valence-electron chi connectivity index (χ3n) is 7.23. The van der Waals surface area contributed by atoms with E-state index in [0.717, 1.165) is 49.8 Å². The molecule has 0 bridgehead atoms. The van der Waals surface area contributed by atoms with Crippen molar-refractivity contribution in [3.8, 4) is 11.5 Å². The average molecular weight is 428 g/mol. The number of oxime groups is 1. The third-order valence-corrected chi connectivity index (χ3v) is 7.23. The van der Waals surface area contributed by atoms with E-state index in [2.05, 4.69) is 23.4 Å². The van der Waals surface area contributed by atoms with E-state index in [4.69, 9.17) is 4.84 Å². The van der Waals surface area contributed by atoms with E-state index >= 15 is 0 Å². The molecule has 5 rings (SSSR count). The minimum atomic E-state index is 0.0106. The maximum absolute atomic E-state index is 10.1. The number of benzene rings is 3. The highest BCUT2D eigenvalue weighted by molar-refractivity contribution is 5.85. The van der Waals surface area contributed by atoms with E-state index in [9.17, 15) is 10.2 Å². The van der Waals surface area contributed by atoms with Gasteiger partial charge in [-0.1, -0.05) is 53.7 Å². The van der Waals surface area contributed by atoms with Crippen LogP contribution in [0.1, 0.15) is 47.9 Å². The fourth-order valence-corrected chi connectivity index (χ4v) is 5.65. The smallest absolute Gasteiger partial charge is 0.142 e. The quantitative estimate of drug-likeness (QED) is 0.499. The Hall–Kier alpha value is -3.27. The first kappa shape index (κ1) is 20.6. The van der Waals surface area contributed by atoms with Gasteiger partial charge in [-0.3, -0.25) is 0 Å². The summed E-state index contributed by atoms with van der Waals surface area (Å²) in [6, 6.07) is 23.6. The lowest BCUT2D eigenvalue weighted by Gasteiger charge is -2.49. The number of phenols is 2. The second-order valence-corrected chi connectivity index (χ2v) is 9.20. The van der Waals surface area contributed by atoms with E-state index in [0.29, 0.717) is 24.0 Å². The maximum atomic E-state index is 10.1. The molecule has 1 fully saturated rings. The predicted molar refractivity (Wildman–Crippen MR) is 126 cm³/mol. The fourth-order valence-electron chi connectivity index (χ4n) is 5.65. The topological polar surface area (TPSA) is 62.1 Å². The lowest BCUT2D eigenvalue weighted by molar-refractivity contribution is 0.124. The van der Waals surface area contributed by atoms with Crippen LogP contribution in [0.15, 0.2) is 78.0 Å². The summed E-state index contributed by atoms with van der Waals surface area (Å²) >= 11 is 0. The van der Waals surface area contributed by atoms with Crippen molar-refractivity contribution in [2.24, 2.45) is 11.1 Å². The summed E-state index contributed by atoms with van der Waals surface area (Å²) in [6.45, 7) is 0.496. The maximum Gasteiger partial charge on any atom is 0.142 e. The SMILES string of the molecule is Oc1ccc(C[C@@]23CCC(=NOCc4ccccc4)C[C@@H]2CCc2cc(O)ccc23)cc1. The summed E-state index contributed by atoms with van der Waals surface area (Å²) in [5, 5.41) is 24.3. The van der Waals surface area contributed by atoms with Crippen LogP contribution in [0.3, 0.4) is 0 Å². The van der Waals surface area contributed by atoms with Gasteiger partial charge in [0.2, 0.25) is 0 Å². The van der Waals surface area contributed by atoms with Crippen LogP contribution in [0.5, 0.6) is 11.5 Å². The van der Waals surface area contributed by atoms with Crippen molar-refractivity contribution in [2.75, 3.05) is 0 Å². The Morgan fingerprint density at radius 3 is 2.47 bits per heavy atom. The van der Waals surface area contributed by atoms with Crippen molar-refractivity contribution in [3.63, 3.8) is 0 Å². The highest BCUT2D eigenvalue weighted by atomic mass is 16.6. The molecule has 0 spiro atoms. The molecule has 0 radical (unpaired) electrons. The molecule has 0 heterocycles. The zero-order valence-electron chi connectivity index (χ0n) is 18.2. The summed E-state index contributed by atoms with van der Waals surface area (Å²) in [5.41, 5.74) is 6.14. The lowest BCUT2D eigenvalue weighted by atomic mass is 9.55. The number of nitrogens with zero attached hydrogens (tertiary/aromatic N) is 1. The summed E-state index contributed by atoms with van der Waals surface area (Å²) < 4.78 is 0. The highest BCUT2D eigenvalue weighted by Gasteiger charge is 2.47. The van der Waals surface area contributed by atoms with Crippen LogP contribution in [-0.4, -0.2) is 15.9 Å². The normalized spacial score (nSPS) is 23.4. The highest BCUT2D eigenvalue weighted by Crippen LogP contribution is 2.52. The second-order valence-electron chi connectivity index (χ2n) is 9.20. The number of hydrogen-bond acceptors (Lipinski definition) is 4. The molecule has 2 aliphatic rings. The van der Waals surface area contributed by atoms with Gasteiger partial charge in [0, 0.05) is 5.41 Å². The van der Waals surface area contributed by atoms with Crippen LogP contribution < -0.4 is 0 Å². The van der Waals surface area contributed by atoms with Crippen molar-refractivity contribution >= 4 is 5.71 Å². The van der Waals surface area contributed by atoms with Crippen LogP contribution in [-0.2, 0) is 29.7 Å². The molecule has 0 saturated heterocycles. The molecule has 0 unspecified atom stereocenters. The van der Waals surface area contributed by atoms with E-state index in [1.54, 1.807) is 12.1 Å². The van der Waals surface area contributed by atoms with Crippen LogP contribution in [0.25, 0.3) is 0 Å². The third kappa shape index (κ3) is 4.10. The number of aromatic hydroxyl groups is 2. The second kappa shape index (κ2) is 8.70. The van der Waals surface area contributed by atoms with Crippen molar-refractivity contribution in [1.29, 1.82) is 0 Å². The van der Waals surface area contributed by atoms with Gasteiger partial charge in [-0.25, -0.2) is 0 Å². The van der Waals surface area contributed by atoms with Gasteiger partial charge in [0.25, 0.3) is 0 Å². The fraction of sp³-hybridized carbons (Fsp3) is 0.321. The molecule has 3 aromatic carbocycles. The van der Waals surface area contributed by atoms with Crippen molar-refractivity contribution in [1.82, 2.24) is 0 Å². The Labute approximate surface area is 189 Å². The van der Waals surface area contributed by atoms with Crippen molar-refractivity contribution < 1.29 is 15.1 Å². The molecule has 2 N–H and O–H groups in total. The standard InChI is InChI=1S/C28H29NO3/c30-25-10-6-20(7-11-25)18-28-15-14-24(29-32-19-21-4-2-1-3-5-21)17-23(28)9-8-22-16-26(31)12-13-27(22)28/h1-7,10-13,16,23,30-31H,8-9,14-15,17-19H2/t23-,28-/m0/s1. The number of phenolic OH excluding ortho intramolecular Hbond substituents is 2. The van der Waals surface area contributed by atoms with Crippen LogP contribution in [0.4, 0.5) is 0 Å². The first-order valence-corrected chi connectivity index (χ1v) is 11.4. The molecule has 4 nitrogen and oxygen atoms in total. The summed E-state index contributed by atoms with van der Waals surface area (Å²) in [5.74, 6) is 1.11. The Kier molecular flexibility index (Phi) is 5.60. The Bertz CT molecular complexity index is 1110. The average Bonchev–Trinajstić information content (AvgIpc) is 2.81. The van der Waals surface area contributed by atoms with Crippen LogP contribution >= 0.6 is 0 Å². The Morgan fingerprint density at radius 2 is 1.66 bits per heavy atom. The van der Waals surface area contributed by atoms with E-state index in [1.807, 2.05) is 42.5 Å². The zero-order valence-corrected chi connectivity index (χ0v) is 18.2. The lowest BCUT2D eigenvalue weighted by Crippen LogP contribution is -2.46. The predicted octanol–water partition coefficient (Wildman–Crippen LogP) is 5.90. The molecule has 0 amide bonds. The summed E-state index contributed by atoms with van der Waals surface area (Å²) in [6.07, 6.45) is 5.82. The number of aryl methyl sites for hydroxylation is 1. The minimum Gasteiger partial charge on any atom is -0.508 e. The molecule has 1 saturated carbocycles. The molecule has 4 heteroatoms. The van der Waals surface area contributed by atoms with Gasteiger partial charge < -0.3 is 15.1 Å². The molecule has 0 aromatic heterocycles. The minimum absolute atomic E-state index is 0.0106. The number of hydrogen-bond donors (Lipinski definition) is 2. The first-order chi connectivity index (χ1) is 15.6. The summed E-state index contributed by atoms with van der Waals surface area (Å²) in [7, 11) is 0. The van der Waals surface area contributed by atoms with Gasteiger partial charge in [-0.05, 0) is 91.0 Å². The van der Waals surface area contributed by atoms with Gasteiger partial charge in [0.15, 0.2) is 0 Å². The van der Waals surface area contributed by atoms with E-state index in [1.165, 1.54) is 16.7 Å². The van der Waals surface area contributed by atoms with E-state index in [-0.39, 0.29) is 5.41 Å². The Balaban J connectivity index is 1.40. The first-order valence-electron chi connectivity index (χ1n) is 11.4. The molecular formula is C28H29NO3. The number of rotatable bonds is 5. The molecule has 164 valence electrons. The molecule has 2 aliphatic carbocycles. The summed E-state index contributed by atoms with van der Waals surface area (Å²) in [4.78, 5) is 5.72. The van der Waals surface area contributed by atoms with Gasteiger partial charge in [0.05, 0.1) is 5.71 Å². The molecule has 2 atom stereocenters. The molecule has 0 aliphatic heterocycles. The number of fused-ring (bicyclic) bond motifs is 3. The van der Waals surface area contributed by atoms with Gasteiger partial charge in [-0.2, -0.15) is 0 Å².